The SMILES string of the molecule is C[C@@H](CCOP1(=O)OC[C@H]2O[C@@H](n3cnc4c(N)nc(Cl)nc43)C[C@@H]2O1)C(=O)O. The zero-order chi connectivity index (χ0) is 20.8. The monoisotopic (exact) mass is 447 g/mol. The number of nitrogens with zero attached hydrogens (tertiary/aromatic N) is 4. The van der Waals surface area contributed by atoms with Crippen LogP contribution >= 0.6 is 19.4 Å². The number of aromatic nitrogens is 4. The number of rotatable bonds is 6. The first-order valence-electron chi connectivity index (χ1n) is 8.87. The molecular weight excluding hydrogens is 429 g/mol. The number of anilines is 1. The molecule has 0 radical (unpaired) electrons. The fraction of sp³-hybridized carbons (Fsp3) is 0.600. The lowest BCUT2D eigenvalue weighted by Gasteiger charge is -2.29. The van der Waals surface area contributed by atoms with Gasteiger partial charge in [-0.25, -0.2) is 9.55 Å². The molecule has 2 aromatic rings. The molecule has 0 aliphatic carbocycles. The summed E-state index contributed by atoms with van der Waals surface area (Å²) in [5.74, 6) is -1.43. The molecule has 5 atom stereocenters. The lowest BCUT2D eigenvalue weighted by molar-refractivity contribution is -0.141. The van der Waals surface area contributed by atoms with Gasteiger partial charge in [-0.05, 0) is 18.0 Å². The average Bonchev–Trinajstić information content (AvgIpc) is 3.24. The minimum absolute atomic E-state index is 0.0113. The van der Waals surface area contributed by atoms with Crippen LogP contribution in [-0.2, 0) is 27.7 Å². The molecule has 2 aromatic heterocycles. The Morgan fingerprint density at radius 3 is 3.07 bits per heavy atom. The van der Waals surface area contributed by atoms with Gasteiger partial charge in [0.25, 0.3) is 0 Å². The Labute approximate surface area is 169 Å². The molecule has 0 saturated carbocycles. The largest absolute Gasteiger partial charge is 0.481 e. The van der Waals surface area contributed by atoms with Crippen molar-refractivity contribution < 1.29 is 32.8 Å². The van der Waals surface area contributed by atoms with Crippen LogP contribution < -0.4 is 5.73 Å². The summed E-state index contributed by atoms with van der Waals surface area (Å²) in [6.45, 7) is 1.48. The number of hydrogen-bond donors (Lipinski definition) is 2. The van der Waals surface area contributed by atoms with Gasteiger partial charge in [0.15, 0.2) is 11.5 Å². The Kier molecular flexibility index (Phi) is 5.49. The van der Waals surface area contributed by atoms with Crippen LogP contribution in [0.4, 0.5) is 5.82 Å². The molecule has 12 nitrogen and oxygen atoms in total. The van der Waals surface area contributed by atoms with Crippen LogP contribution in [0.2, 0.25) is 5.28 Å². The maximum Gasteiger partial charge on any atom is 0.475 e. The van der Waals surface area contributed by atoms with Gasteiger partial charge in [0.05, 0.1) is 25.5 Å². The Hall–Kier alpha value is -1.82. The number of fused-ring (bicyclic) bond motifs is 2. The average molecular weight is 448 g/mol. The van der Waals surface area contributed by atoms with E-state index in [1.807, 2.05) is 0 Å². The number of carboxylic acid groups (broad SMARTS) is 1. The summed E-state index contributed by atoms with van der Waals surface area (Å²) in [6.07, 6.45) is 0.530. The quantitative estimate of drug-likeness (QED) is 0.492. The van der Waals surface area contributed by atoms with Gasteiger partial charge in [0, 0.05) is 6.42 Å². The number of carboxylic acids is 1. The van der Waals surface area contributed by atoms with Gasteiger partial charge in [-0.3, -0.25) is 22.9 Å². The van der Waals surface area contributed by atoms with Crippen molar-refractivity contribution in [2.75, 3.05) is 18.9 Å². The summed E-state index contributed by atoms with van der Waals surface area (Å²) in [6, 6.07) is 0. The number of phosphoric ester groups is 1. The zero-order valence-corrected chi connectivity index (χ0v) is 17.0. The second-order valence-corrected chi connectivity index (χ2v) is 8.77. The number of nitrogen functional groups attached to an aromatic ring is 1. The molecule has 2 fully saturated rings. The number of carbonyl (C=O) groups is 1. The van der Waals surface area contributed by atoms with E-state index in [2.05, 4.69) is 15.0 Å². The normalized spacial score (nSPS) is 30.3. The van der Waals surface area contributed by atoms with E-state index in [1.165, 1.54) is 13.3 Å². The van der Waals surface area contributed by atoms with E-state index in [0.29, 0.717) is 17.6 Å². The summed E-state index contributed by atoms with van der Waals surface area (Å²) in [7, 11) is -3.80. The molecule has 2 aliphatic rings. The van der Waals surface area contributed by atoms with Gasteiger partial charge < -0.3 is 15.6 Å². The lowest BCUT2D eigenvalue weighted by atomic mass is 10.1. The minimum atomic E-state index is -3.80. The third-order valence-corrected chi connectivity index (χ3v) is 6.46. The van der Waals surface area contributed by atoms with Crippen molar-refractivity contribution >= 4 is 42.4 Å². The molecule has 29 heavy (non-hydrogen) atoms. The predicted molar refractivity (Wildman–Crippen MR) is 99.1 cm³/mol. The Morgan fingerprint density at radius 1 is 1.52 bits per heavy atom. The van der Waals surface area contributed by atoms with E-state index in [9.17, 15) is 9.36 Å². The first-order chi connectivity index (χ1) is 13.8. The van der Waals surface area contributed by atoms with Crippen molar-refractivity contribution in [2.24, 2.45) is 5.92 Å². The minimum Gasteiger partial charge on any atom is -0.481 e. The summed E-state index contributed by atoms with van der Waals surface area (Å²) in [5, 5.41) is 8.89. The topological polar surface area (TPSA) is 161 Å². The third-order valence-electron chi connectivity index (χ3n) is 4.80. The Morgan fingerprint density at radius 2 is 2.31 bits per heavy atom. The second-order valence-electron chi connectivity index (χ2n) is 6.81. The van der Waals surface area contributed by atoms with Gasteiger partial charge in [-0.15, -0.1) is 0 Å². The maximum atomic E-state index is 12.7. The number of aliphatic carboxylic acids is 1. The van der Waals surface area contributed by atoms with Crippen molar-refractivity contribution in [2.45, 2.75) is 38.2 Å². The van der Waals surface area contributed by atoms with E-state index in [-0.39, 0.29) is 30.7 Å². The molecule has 1 unspecified atom stereocenters. The molecular formula is C15H19ClN5O7P. The molecule has 2 aliphatic heterocycles. The highest BCUT2D eigenvalue weighted by molar-refractivity contribution is 7.48. The van der Waals surface area contributed by atoms with Crippen LogP contribution in [0.25, 0.3) is 11.2 Å². The number of halogens is 1. The van der Waals surface area contributed by atoms with Crippen LogP contribution in [0.5, 0.6) is 0 Å². The molecule has 0 amide bonds. The van der Waals surface area contributed by atoms with Crippen molar-refractivity contribution in [3.05, 3.63) is 11.6 Å². The number of phosphoric acid groups is 1. The maximum absolute atomic E-state index is 12.7. The van der Waals surface area contributed by atoms with Crippen LogP contribution in [0.1, 0.15) is 26.0 Å². The standard InChI is InChI=1S/C15H19ClN5O7P/c1-7(14(22)23)2-3-25-29(24)26-5-9-8(28-29)4-10(27-9)21-6-18-11-12(17)19-15(16)20-13(11)21/h6-10H,2-5H2,1H3,(H,22,23)(H2,17,19,20)/t7-,8-,9+,10+,29?/m0/s1. The Balaban J connectivity index is 1.43. The fourth-order valence-corrected chi connectivity index (χ4v) is 4.73. The van der Waals surface area contributed by atoms with Crippen molar-refractivity contribution in [3.8, 4) is 0 Å². The molecule has 0 spiro atoms. The number of imidazole rings is 1. The number of hydrogen-bond acceptors (Lipinski definition) is 10. The third kappa shape index (κ3) is 4.09. The zero-order valence-electron chi connectivity index (χ0n) is 15.3. The molecule has 14 heteroatoms. The molecule has 2 saturated heterocycles. The van der Waals surface area contributed by atoms with Crippen LogP contribution in [0.3, 0.4) is 0 Å². The van der Waals surface area contributed by atoms with Crippen molar-refractivity contribution in [3.63, 3.8) is 0 Å². The molecule has 4 rings (SSSR count). The molecule has 3 N–H and O–H groups in total. The molecule has 158 valence electrons. The highest BCUT2D eigenvalue weighted by atomic mass is 35.5. The molecule has 0 aromatic carbocycles. The van der Waals surface area contributed by atoms with Gasteiger partial charge in [0.2, 0.25) is 5.28 Å². The number of nitrogens with two attached hydrogens (primary N) is 1. The predicted octanol–water partition coefficient (Wildman–Crippen LogP) is 2.00. The van der Waals surface area contributed by atoms with Gasteiger partial charge in [0.1, 0.15) is 24.0 Å². The molecule has 4 heterocycles. The van der Waals surface area contributed by atoms with E-state index in [0.717, 1.165) is 0 Å². The highest BCUT2D eigenvalue weighted by Gasteiger charge is 2.48. The summed E-state index contributed by atoms with van der Waals surface area (Å²) in [4.78, 5) is 23.1. The Bertz CT molecular complexity index is 987. The first kappa shape index (κ1) is 20.5. The van der Waals surface area contributed by atoms with Crippen molar-refractivity contribution in [1.29, 1.82) is 0 Å². The van der Waals surface area contributed by atoms with E-state index in [1.54, 1.807) is 4.57 Å². The van der Waals surface area contributed by atoms with Crippen LogP contribution in [0.15, 0.2) is 6.33 Å². The van der Waals surface area contributed by atoms with Gasteiger partial charge in [-0.1, -0.05) is 6.92 Å². The van der Waals surface area contributed by atoms with Crippen LogP contribution in [-0.4, -0.2) is 56.0 Å². The van der Waals surface area contributed by atoms with E-state index >= 15 is 0 Å². The van der Waals surface area contributed by atoms with Gasteiger partial charge in [-0.2, -0.15) is 9.97 Å². The molecule has 0 bridgehead atoms. The van der Waals surface area contributed by atoms with E-state index in [4.69, 9.17) is 40.7 Å². The second kappa shape index (κ2) is 7.78. The van der Waals surface area contributed by atoms with Crippen molar-refractivity contribution in [1.82, 2.24) is 19.5 Å². The summed E-state index contributed by atoms with van der Waals surface area (Å²) < 4.78 is 36.3. The van der Waals surface area contributed by atoms with Gasteiger partial charge >= 0.3 is 13.8 Å². The summed E-state index contributed by atoms with van der Waals surface area (Å²) >= 11 is 5.89. The van der Waals surface area contributed by atoms with E-state index < -0.39 is 38.1 Å². The summed E-state index contributed by atoms with van der Waals surface area (Å²) in [5.41, 5.74) is 6.63. The first-order valence-corrected chi connectivity index (χ1v) is 10.7. The smallest absolute Gasteiger partial charge is 0.475 e. The fourth-order valence-electron chi connectivity index (χ4n) is 3.15. The highest BCUT2D eigenvalue weighted by Crippen LogP contribution is 2.56. The number of ether oxygens (including phenoxy) is 1. The van der Waals surface area contributed by atoms with Crippen LogP contribution in [0, 0.1) is 5.92 Å². The lowest BCUT2D eigenvalue weighted by Crippen LogP contribution is -2.33.